The summed E-state index contributed by atoms with van der Waals surface area (Å²) in [7, 11) is 0. The number of thiophene rings is 5. The molecule has 0 unspecified atom stereocenters. The highest BCUT2D eigenvalue weighted by molar-refractivity contribution is 7.28. The molecule has 5 aromatic heterocycles. The molecule has 59 heavy (non-hydrogen) atoms. The van der Waals surface area contributed by atoms with Crippen molar-refractivity contribution < 1.29 is 0 Å². The maximum Gasteiger partial charge on any atom is 0.0477 e. The van der Waals surface area contributed by atoms with Crippen LogP contribution in [0.3, 0.4) is 0 Å². The molecular weight excluding hydrogens is 809 g/mol. The van der Waals surface area contributed by atoms with Crippen molar-refractivity contribution in [3.8, 4) is 29.3 Å². The van der Waals surface area contributed by atoms with Crippen molar-refractivity contribution in [3.05, 3.63) is 78.7 Å². The van der Waals surface area contributed by atoms with Crippen molar-refractivity contribution in [2.45, 2.75) is 222 Å². The van der Waals surface area contributed by atoms with Crippen LogP contribution >= 0.6 is 56.7 Å². The van der Waals surface area contributed by atoms with Gasteiger partial charge in [-0.1, -0.05) is 156 Å². The van der Waals surface area contributed by atoms with Gasteiger partial charge >= 0.3 is 0 Å². The Morgan fingerprint density at radius 2 is 0.593 bits per heavy atom. The highest BCUT2D eigenvalue weighted by Crippen LogP contribution is 2.45. The third kappa shape index (κ3) is 18.8. The second-order valence-electron chi connectivity index (χ2n) is 17.4. The Morgan fingerprint density at radius 1 is 0.305 bits per heavy atom. The molecule has 5 heterocycles. The average Bonchev–Trinajstić information content (AvgIpc) is 4.07. The molecule has 0 aliphatic carbocycles. The van der Waals surface area contributed by atoms with Crippen LogP contribution in [0.5, 0.6) is 0 Å². The van der Waals surface area contributed by atoms with Gasteiger partial charge < -0.3 is 0 Å². The molecule has 0 saturated carbocycles. The Morgan fingerprint density at radius 3 is 0.949 bits per heavy atom. The number of aryl methyl sites for hydroxylation is 7. The largest absolute Gasteiger partial charge is 0.146 e. The second kappa shape index (κ2) is 29.7. The maximum atomic E-state index is 2.46. The third-order valence-electron chi connectivity index (χ3n) is 11.8. The first kappa shape index (κ1) is 50.1. The van der Waals surface area contributed by atoms with E-state index in [4.69, 9.17) is 0 Å². The summed E-state index contributed by atoms with van der Waals surface area (Å²) in [6.45, 7) is 15.9. The fraction of sp³-hybridized carbons (Fsp3) is 0.630. The molecule has 0 bridgehead atoms. The van der Waals surface area contributed by atoms with E-state index in [2.05, 4.69) is 90.9 Å². The summed E-state index contributed by atoms with van der Waals surface area (Å²) in [5.74, 6) is 0. The van der Waals surface area contributed by atoms with Crippen LogP contribution in [0.1, 0.15) is 211 Å². The van der Waals surface area contributed by atoms with Gasteiger partial charge in [-0.05, 0) is 125 Å². The van der Waals surface area contributed by atoms with E-state index >= 15 is 0 Å². The third-order valence-corrected chi connectivity index (χ3v) is 17.7. The topological polar surface area (TPSA) is 0 Å². The van der Waals surface area contributed by atoms with Gasteiger partial charge in [0.15, 0.2) is 0 Å². The number of unbranched alkanes of at least 4 members (excludes halogenated alkanes) is 21. The molecule has 0 aliphatic rings. The lowest BCUT2D eigenvalue weighted by molar-refractivity contribution is 0.556. The van der Waals surface area contributed by atoms with E-state index in [-0.39, 0.29) is 0 Å². The fourth-order valence-electron chi connectivity index (χ4n) is 8.39. The van der Waals surface area contributed by atoms with E-state index in [1.54, 1.807) is 16.7 Å². The van der Waals surface area contributed by atoms with Gasteiger partial charge in [-0.15, -0.1) is 56.7 Å². The molecule has 5 heteroatoms. The van der Waals surface area contributed by atoms with E-state index in [0.717, 1.165) is 0 Å². The monoisotopic (exact) mass is 891 g/mol. The second-order valence-corrected chi connectivity index (χ2v) is 23.5. The van der Waals surface area contributed by atoms with E-state index in [0.29, 0.717) is 0 Å². The van der Waals surface area contributed by atoms with E-state index in [1.165, 1.54) is 222 Å². The summed E-state index contributed by atoms with van der Waals surface area (Å²) in [5.41, 5.74) is 4.74. The zero-order valence-corrected chi connectivity index (χ0v) is 42.8. The first-order valence-corrected chi connectivity index (χ1v) is 28.4. The summed E-state index contributed by atoms with van der Waals surface area (Å²) in [4.78, 5) is 14.7. The summed E-state index contributed by atoms with van der Waals surface area (Å²) in [5, 5.41) is 0. The molecule has 0 amide bonds. The molecule has 0 saturated heterocycles. The highest BCUT2D eigenvalue weighted by Gasteiger charge is 2.16. The van der Waals surface area contributed by atoms with Crippen LogP contribution in [0.15, 0.2) is 42.5 Å². The van der Waals surface area contributed by atoms with E-state index in [9.17, 15) is 0 Å². The number of hydrogen-bond acceptors (Lipinski definition) is 5. The molecule has 5 rings (SSSR count). The Kier molecular flexibility index (Phi) is 25.3. The zero-order valence-electron chi connectivity index (χ0n) is 38.7. The van der Waals surface area contributed by atoms with Crippen LogP contribution in [0.4, 0.5) is 0 Å². The van der Waals surface area contributed by atoms with Gasteiger partial charge in [-0.3, -0.25) is 0 Å². The predicted octanol–water partition coefficient (Wildman–Crippen LogP) is 21.0. The van der Waals surface area contributed by atoms with Gasteiger partial charge in [0.25, 0.3) is 0 Å². The van der Waals surface area contributed by atoms with Gasteiger partial charge in [0.2, 0.25) is 0 Å². The van der Waals surface area contributed by atoms with E-state index < -0.39 is 0 Å². The molecule has 328 valence electrons. The normalized spacial score (nSPS) is 11.4. The smallest absolute Gasteiger partial charge is 0.0477 e. The lowest BCUT2D eigenvalue weighted by atomic mass is 10.0. The van der Waals surface area contributed by atoms with Gasteiger partial charge in [0.05, 0.1) is 0 Å². The molecule has 0 nitrogen and oxygen atoms in total. The quantitative estimate of drug-likeness (QED) is 0.0403. The molecule has 0 spiro atoms. The molecule has 0 N–H and O–H groups in total. The number of rotatable bonds is 30. The minimum absolute atomic E-state index is 1.23. The molecule has 5 aromatic rings. The number of hydrogen-bond donors (Lipinski definition) is 0. The summed E-state index contributed by atoms with van der Waals surface area (Å²) in [6, 6.07) is 16.8. The molecule has 0 atom stereocenters. The van der Waals surface area contributed by atoms with Crippen molar-refractivity contribution in [2.75, 3.05) is 0 Å². The van der Waals surface area contributed by atoms with Crippen molar-refractivity contribution in [1.82, 2.24) is 0 Å². The van der Waals surface area contributed by atoms with Gasteiger partial charge in [-0.25, -0.2) is 0 Å². The Bertz CT molecular complexity index is 1700. The summed E-state index contributed by atoms with van der Waals surface area (Å²) >= 11 is 9.92. The van der Waals surface area contributed by atoms with Crippen LogP contribution in [-0.2, 0) is 19.3 Å². The standard InChI is InChI=1S/C42H62S4.C12H20S/c1-5-7-9-11-13-15-17-19-21-23-25-35-31-33(3)43-41(35)39-29-27-37(45-39)38-28-30-40(46-38)42-36(32-34(4)44-42)26-24-22-20-18-16-14-12-10-8-6-2;1-4-5-6-7-8-12-9-10(2)13-11(12)3/h27-32H,5-26H2,1-4H3;9H,4-8H2,1-3H3. The lowest BCUT2D eigenvalue weighted by Gasteiger charge is -2.04. The molecule has 0 radical (unpaired) electrons. The lowest BCUT2D eigenvalue weighted by Crippen LogP contribution is -1.86. The first-order chi connectivity index (χ1) is 28.8. The molecule has 0 aliphatic heterocycles. The minimum Gasteiger partial charge on any atom is -0.146 e. The SMILES string of the molecule is CCCCCCCCCCCCc1cc(C)sc1-c1ccc(-c2ccc(-c3sc(C)cc3CCCCCCCCCCCC)s2)s1.CCCCCCc1cc(C)sc1C. The first-order valence-electron chi connectivity index (χ1n) is 24.3. The fourth-order valence-corrected chi connectivity index (χ4v) is 13.9. The predicted molar refractivity (Wildman–Crippen MR) is 276 cm³/mol. The van der Waals surface area contributed by atoms with E-state index in [1.807, 2.05) is 56.7 Å². The van der Waals surface area contributed by atoms with Crippen molar-refractivity contribution in [1.29, 1.82) is 0 Å². The van der Waals surface area contributed by atoms with Gasteiger partial charge in [0, 0.05) is 48.8 Å². The minimum atomic E-state index is 1.23. The average molecular weight is 892 g/mol. The van der Waals surface area contributed by atoms with Crippen LogP contribution in [0.25, 0.3) is 29.3 Å². The van der Waals surface area contributed by atoms with Gasteiger partial charge in [0.1, 0.15) is 0 Å². The summed E-state index contributed by atoms with van der Waals surface area (Å²) < 4.78 is 0. The van der Waals surface area contributed by atoms with Crippen LogP contribution < -0.4 is 0 Å². The van der Waals surface area contributed by atoms with Crippen molar-refractivity contribution in [3.63, 3.8) is 0 Å². The van der Waals surface area contributed by atoms with Crippen LogP contribution in [-0.4, -0.2) is 0 Å². The Balaban J connectivity index is 0.000000502. The van der Waals surface area contributed by atoms with Gasteiger partial charge in [-0.2, -0.15) is 0 Å². The summed E-state index contributed by atoms with van der Waals surface area (Å²) in [6.07, 6.45) is 37.3. The molecule has 0 fully saturated rings. The Labute approximate surface area is 383 Å². The maximum absolute atomic E-state index is 2.46. The highest BCUT2D eigenvalue weighted by atomic mass is 32.1. The van der Waals surface area contributed by atoms with Crippen molar-refractivity contribution in [2.24, 2.45) is 0 Å². The van der Waals surface area contributed by atoms with Crippen LogP contribution in [0.2, 0.25) is 0 Å². The van der Waals surface area contributed by atoms with Crippen molar-refractivity contribution >= 4 is 56.7 Å². The van der Waals surface area contributed by atoms with Crippen LogP contribution in [0, 0.1) is 27.7 Å². The molecule has 0 aromatic carbocycles. The zero-order chi connectivity index (χ0) is 42.1. The molecular formula is C54H82S5. The Hall–Kier alpha value is -1.50.